The van der Waals surface area contributed by atoms with Crippen molar-refractivity contribution in [1.29, 1.82) is 0 Å². The second-order valence-electron chi connectivity index (χ2n) is 14.4. The van der Waals surface area contributed by atoms with Crippen LogP contribution in [0.5, 0.6) is 0 Å². The Morgan fingerprint density at radius 3 is 1.18 bits per heavy atom. The summed E-state index contributed by atoms with van der Waals surface area (Å²) in [7, 11) is 0. The number of aliphatic hydroxyl groups is 2. The number of hydrogen-bond acceptors (Lipinski definition) is 3. The molecule has 2 atom stereocenters. The zero-order valence-corrected chi connectivity index (χ0v) is 32.7. The van der Waals surface area contributed by atoms with Crippen LogP contribution < -0.4 is 5.32 Å². The van der Waals surface area contributed by atoms with E-state index in [-0.39, 0.29) is 12.5 Å². The molecule has 0 radical (unpaired) electrons. The highest BCUT2D eigenvalue weighted by Crippen LogP contribution is 2.13. The van der Waals surface area contributed by atoms with Gasteiger partial charge in [0.25, 0.3) is 0 Å². The Kier molecular flexibility index (Phi) is 39.4. The summed E-state index contributed by atoms with van der Waals surface area (Å²) in [5.74, 6) is -0.0833. The summed E-state index contributed by atoms with van der Waals surface area (Å²) < 4.78 is 0. The lowest BCUT2D eigenvalue weighted by atomic mass is 10.1. The number of allylic oxidation sites excluding steroid dienone is 7. The number of rotatable bonds is 38. The zero-order chi connectivity index (χ0) is 35.7. The fourth-order valence-electron chi connectivity index (χ4n) is 6.20. The van der Waals surface area contributed by atoms with Gasteiger partial charge in [-0.15, -0.1) is 0 Å². The molecule has 3 N–H and O–H groups in total. The Morgan fingerprint density at radius 2 is 0.796 bits per heavy atom. The van der Waals surface area contributed by atoms with Gasteiger partial charge in [0.05, 0.1) is 18.8 Å². The van der Waals surface area contributed by atoms with Crippen LogP contribution in [0.2, 0.25) is 0 Å². The van der Waals surface area contributed by atoms with Crippen molar-refractivity contribution in [3.05, 3.63) is 48.6 Å². The smallest absolute Gasteiger partial charge is 0.220 e. The second-order valence-corrected chi connectivity index (χ2v) is 14.4. The molecule has 4 nitrogen and oxygen atoms in total. The van der Waals surface area contributed by atoms with E-state index in [0.29, 0.717) is 6.42 Å². The molecule has 286 valence electrons. The van der Waals surface area contributed by atoms with E-state index in [1.54, 1.807) is 6.08 Å². The minimum absolute atomic E-state index is 0.0833. The predicted octanol–water partition coefficient (Wildman–Crippen LogP) is 13.2. The number of carbonyl (C=O) groups excluding carboxylic acids is 1. The highest BCUT2D eigenvalue weighted by atomic mass is 16.3. The molecule has 0 aliphatic rings. The lowest BCUT2D eigenvalue weighted by Crippen LogP contribution is -2.45. The van der Waals surface area contributed by atoms with Crippen molar-refractivity contribution in [3.8, 4) is 0 Å². The molecule has 0 fully saturated rings. The minimum atomic E-state index is -0.871. The molecule has 0 aromatic heterocycles. The molecule has 0 aliphatic carbocycles. The van der Waals surface area contributed by atoms with Gasteiger partial charge in [-0.1, -0.05) is 184 Å². The summed E-state index contributed by atoms with van der Waals surface area (Å²) in [6.07, 6.45) is 55.0. The van der Waals surface area contributed by atoms with Gasteiger partial charge in [-0.2, -0.15) is 0 Å². The van der Waals surface area contributed by atoms with Crippen molar-refractivity contribution in [1.82, 2.24) is 5.32 Å². The van der Waals surface area contributed by atoms with Gasteiger partial charge in [-0.3, -0.25) is 4.79 Å². The van der Waals surface area contributed by atoms with Crippen LogP contribution in [0.1, 0.15) is 213 Å². The van der Waals surface area contributed by atoms with Gasteiger partial charge in [0.2, 0.25) is 5.91 Å². The molecule has 0 aromatic carbocycles. The fraction of sp³-hybridized carbons (Fsp3) is 0.800. The Balaban J connectivity index is 3.64. The van der Waals surface area contributed by atoms with Crippen LogP contribution in [0.3, 0.4) is 0 Å². The fourth-order valence-corrected chi connectivity index (χ4v) is 6.20. The molecular weight excluding hydrogens is 602 g/mol. The highest BCUT2D eigenvalue weighted by molar-refractivity contribution is 5.76. The average Bonchev–Trinajstić information content (AvgIpc) is 3.10. The van der Waals surface area contributed by atoms with Crippen molar-refractivity contribution < 1.29 is 15.0 Å². The van der Waals surface area contributed by atoms with Crippen molar-refractivity contribution in [2.45, 2.75) is 225 Å². The molecule has 0 bridgehead atoms. The normalized spacial score (nSPS) is 13.5. The average molecular weight is 686 g/mol. The standard InChI is InChI=1S/C45H83NO3/c1-3-5-7-9-11-13-15-17-19-21-22-23-24-25-27-29-31-33-35-37-39-41-45(49)46-43(42-47)44(48)40-38-36-34-32-30-28-26-20-18-16-14-12-10-8-6-4-2/h18,20,23-24,30,32,38,40,43-44,47-48H,3-17,19,21-22,25-29,31,33-37,39,41-42H2,1-2H3,(H,46,49)/b20-18+,24-23-,32-30+,40-38+. The first-order valence-corrected chi connectivity index (χ1v) is 21.4. The SMILES string of the molecule is CCCCCCCC/C=C/CC/C=C/CC/C=C/C(O)C(CO)NC(=O)CCCCCCCCC/C=C\CCCCCCCCCCCC. The van der Waals surface area contributed by atoms with Crippen LogP contribution >= 0.6 is 0 Å². The third-order valence-corrected chi connectivity index (χ3v) is 9.51. The van der Waals surface area contributed by atoms with E-state index in [0.717, 1.165) is 38.5 Å². The summed E-state index contributed by atoms with van der Waals surface area (Å²) in [5, 5.41) is 22.9. The maximum Gasteiger partial charge on any atom is 0.220 e. The van der Waals surface area contributed by atoms with Crippen molar-refractivity contribution >= 4 is 5.91 Å². The quantitative estimate of drug-likeness (QED) is 0.0447. The molecule has 0 saturated carbocycles. The Bertz CT molecular complexity index is 786. The van der Waals surface area contributed by atoms with Crippen molar-refractivity contribution in [2.24, 2.45) is 0 Å². The molecule has 2 unspecified atom stereocenters. The molecule has 1 amide bonds. The van der Waals surface area contributed by atoms with Gasteiger partial charge in [0, 0.05) is 6.42 Å². The van der Waals surface area contributed by atoms with E-state index in [2.05, 4.69) is 55.6 Å². The van der Waals surface area contributed by atoms with Crippen LogP contribution in [0.4, 0.5) is 0 Å². The van der Waals surface area contributed by atoms with Gasteiger partial charge in [-0.05, 0) is 70.6 Å². The molecule has 4 heteroatoms. The van der Waals surface area contributed by atoms with Gasteiger partial charge < -0.3 is 15.5 Å². The summed E-state index contributed by atoms with van der Waals surface area (Å²) in [6, 6.07) is -0.647. The molecule has 0 heterocycles. The van der Waals surface area contributed by atoms with E-state index >= 15 is 0 Å². The molecule has 0 aromatic rings. The van der Waals surface area contributed by atoms with Crippen LogP contribution in [0, 0.1) is 0 Å². The Hall–Kier alpha value is -1.65. The first-order valence-electron chi connectivity index (χ1n) is 21.4. The van der Waals surface area contributed by atoms with Crippen molar-refractivity contribution in [3.63, 3.8) is 0 Å². The number of amides is 1. The second kappa shape index (κ2) is 40.8. The molecule has 0 aliphatic heterocycles. The number of unbranched alkanes of at least 4 members (excludes halogenated alkanes) is 25. The third kappa shape index (κ3) is 37.4. The lowest BCUT2D eigenvalue weighted by Gasteiger charge is -2.19. The monoisotopic (exact) mass is 686 g/mol. The number of aliphatic hydroxyl groups excluding tert-OH is 2. The topological polar surface area (TPSA) is 69.6 Å². The van der Waals surface area contributed by atoms with Crippen LogP contribution in [0.25, 0.3) is 0 Å². The molecule has 0 rings (SSSR count). The van der Waals surface area contributed by atoms with E-state index in [1.165, 1.54) is 154 Å². The molecule has 0 spiro atoms. The lowest BCUT2D eigenvalue weighted by molar-refractivity contribution is -0.123. The van der Waals surface area contributed by atoms with E-state index in [9.17, 15) is 15.0 Å². The maximum absolute atomic E-state index is 12.4. The minimum Gasteiger partial charge on any atom is -0.394 e. The molecular formula is C45H83NO3. The summed E-state index contributed by atoms with van der Waals surface area (Å²) >= 11 is 0. The largest absolute Gasteiger partial charge is 0.394 e. The first kappa shape index (κ1) is 47.4. The van der Waals surface area contributed by atoms with Crippen LogP contribution in [-0.4, -0.2) is 34.9 Å². The van der Waals surface area contributed by atoms with Gasteiger partial charge in [0.1, 0.15) is 0 Å². The predicted molar refractivity (Wildman–Crippen MR) is 216 cm³/mol. The van der Waals surface area contributed by atoms with E-state index in [1.807, 2.05) is 6.08 Å². The molecule has 49 heavy (non-hydrogen) atoms. The Labute approximate surface area is 305 Å². The summed E-state index contributed by atoms with van der Waals surface area (Å²) in [4.78, 5) is 12.4. The number of carbonyl (C=O) groups is 1. The van der Waals surface area contributed by atoms with E-state index < -0.39 is 12.1 Å². The number of nitrogens with one attached hydrogen (secondary N) is 1. The first-order chi connectivity index (χ1) is 24.2. The third-order valence-electron chi connectivity index (χ3n) is 9.51. The van der Waals surface area contributed by atoms with Crippen molar-refractivity contribution in [2.75, 3.05) is 6.61 Å². The zero-order valence-electron chi connectivity index (χ0n) is 32.7. The maximum atomic E-state index is 12.4. The van der Waals surface area contributed by atoms with E-state index in [4.69, 9.17) is 0 Å². The highest BCUT2D eigenvalue weighted by Gasteiger charge is 2.17. The number of hydrogen-bond donors (Lipinski definition) is 3. The summed E-state index contributed by atoms with van der Waals surface area (Å²) in [6.45, 7) is 4.28. The van der Waals surface area contributed by atoms with Gasteiger partial charge in [0.15, 0.2) is 0 Å². The van der Waals surface area contributed by atoms with Crippen LogP contribution in [-0.2, 0) is 4.79 Å². The molecule has 0 saturated heterocycles. The van der Waals surface area contributed by atoms with Crippen LogP contribution in [0.15, 0.2) is 48.6 Å². The van der Waals surface area contributed by atoms with Gasteiger partial charge >= 0.3 is 0 Å². The van der Waals surface area contributed by atoms with Gasteiger partial charge in [-0.25, -0.2) is 0 Å². The Morgan fingerprint density at radius 1 is 0.469 bits per heavy atom. The summed E-state index contributed by atoms with van der Waals surface area (Å²) in [5.41, 5.74) is 0.